The lowest BCUT2D eigenvalue weighted by atomic mass is 10.1. The van der Waals surface area contributed by atoms with Gasteiger partial charge in [0.05, 0.1) is 11.5 Å². The Hall–Kier alpha value is -0.850. The van der Waals surface area contributed by atoms with Gasteiger partial charge in [0.25, 0.3) is 0 Å². The van der Waals surface area contributed by atoms with Crippen molar-refractivity contribution in [3.63, 3.8) is 0 Å². The van der Waals surface area contributed by atoms with E-state index in [0.717, 1.165) is 19.3 Å². The van der Waals surface area contributed by atoms with Gasteiger partial charge in [-0.05, 0) is 19.4 Å². The van der Waals surface area contributed by atoms with Gasteiger partial charge in [0.15, 0.2) is 0 Å². The first-order chi connectivity index (χ1) is 10.0. The molecule has 1 aromatic rings. The number of unbranched alkanes of at least 4 members (excludes halogenated alkanes) is 5. The van der Waals surface area contributed by atoms with Crippen molar-refractivity contribution in [2.24, 2.45) is 0 Å². The molecule has 0 aliphatic carbocycles. The molecule has 0 saturated carbocycles. The van der Waals surface area contributed by atoms with Gasteiger partial charge in [0.2, 0.25) is 10.0 Å². The molecular weight excluding hydrogens is 288 g/mol. The number of nitrogens with one attached hydrogen (secondary N) is 1. The van der Waals surface area contributed by atoms with Crippen LogP contribution < -0.4 is 4.72 Å². The second kappa shape index (κ2) is 9.23. The Labute approximate surface area is 128 Å². The van der Waals surface area contributed by atoms with Gasteiger partial charge in [-0.1, -0.05) is 39.0 Å². The van der Waals surface area contributed by atoms with Crippen molar-refractivity contribution < 1.29 is 13.5 Å². The molecule has 1 heterocycles. The quantitative estimate of drug-likeness (QED) is 0.617. The van der Waals surface area contributed by atoms with Crippen LogP contribution in [0.2, 0.25) is 0 Å². The Balaban J connectivity index is 2.44. The minimum absolute atomic E-state index is 0.152. The Bertz CT molecular complexity index is 487. The molecule has 0 unspecified atom stereocenters. The van der Waals surface area contributed by atoms with E-state index in [9.17, 15) is 13.5 Å². The number of sulfonamides is 1. The Morgan fingerprint density at radius 1 is 1.14 bits per heavy atom. The molecule has 0 spiro atoms. The predicted molar refractivity (Wildman–Crippen MR) is 84.6 cm³/mol. The molecule has 5 nitrogen and oxygen atoms in total. The number of nitrogens with zero attached hydrogens (tertiary/aromatic N) is 1. The van der Waals surface area contributed by atoms with E-state index in [4.69, 9.17) is 0 Å². The number of aromatic nitrogens is 1. The first-order valence-electron chi connectivity index (χ1n) is 7.84. The summed E-state index contributed by atoms with van der Waals surface area (Å²) in [5.41, 5.74) is 0.623. The molecule has 1 aromatic heterocycles. The van der Waals surface area contributed by atoms with E-state index in [0.29, 0.717) is 18.8 Å². The third-order valence-electron chi connectivity index (χ3n) is 3.60. The fraction of sp³-hybridized carbons (Fsp3) is 0.733. The number of aliphatic hydroxyl groups is 1. The van der Waals surface area contributed by atoms with Crippen LogP contribution >= 0.6 is 0 Å². The van der Waals surface area contributed by atoms with Crippen molar-refractivity contribution in [1.82, 2.24) is 9.29 Å². The van der Waals surface area contributed by atoms with E-state index >= 15 is 0 Å². The Kier molecular flexibility index (Phi) is 8.00. The topological polar surface area (TPSA) is 71.3 Å². The highest BCUT2D eigenvalue weighted by Gasteiger charge is 2.17. The highest BCUT2D eigenvalue weighted by atomic mass is 32.2. The summed E-state index contributed by atoms with van der Waals surface area (Å²) in [7, 11) is -3.46. The molecule has 122 valence electrons. The molecule has 0 radical (unpaired) electrons. The van der Waals surface area contributed by atoms with Crippen LogP contribution in [-0.4, -0.2) is 24.6 Å². The second-order valence-electron chi connectivity index (χ2n) is 5.28. The Morgan fingerprint density at radius 3 is 2.38 bits per heavy atom. The molecule has 2 N–H and O–H groups in total. The first kappa shape index (κ1) is 18.2. The number of hydrogen-bond acceptors (Lipinski definition) is 3. The average molecular weight is 316 g/mol. The summed E-state index contributed by atoms with van der Waals surface area (Å²) >= 11 is 0. The lowest BCUT2D eigenvalue weighted by Gasteiger charge is -2.05. The fourth-order valence-corrected chi connectivity index (χ4v) is 3.43. The monoisotopic (exact) mass is 316 g/mol. The maximum atomic E-state index is 12.2. The van der Waals surface area contributed by atoms with Crippen LogP contribution in [0.15, 0.2) is 17.2 Å². The first-order valence-corrected chi connectivity index (χ1v) is 9.33. The zero-order chi connectivity index (χ0) is 15.7. The van der Waals surface area contributed by atoms with E-state index in [1.807, 2.05) is 6.92 Å². The summed E-state index contributed by atoms with van der Waals surface area (Å²) in [5, 5.41) is 9.21. The number of hydrogen-bond donors (Lipinski definition) is 2. The molecule has 0 bridgehead atoms. The summed E-state index contributed by atoms with van der Waals surface area (Å²) in [4.78, 5) is 0.236. The molecule has 0 saturated heterocycles. The maximum absolute atomic E-state index is 12.2. The van der Waals surface area contributed by atoms with Crippen molar-refractivity contribution in [1.29, 1.82) is 0 Å². The third-order valence-corrected chi connectivity index (χ3v) is 5.02. The van der Waals surface area contributed by atoms with Gasteiger partial charge in [-0.3, -0.25) is 0 Å². The van der Waals surface area contributed by atoms with Gasteiger partial charge in [-0.2, -0.15) is 0 Å². The van der Waals surface area contributed by atoms with Crippen molar-refractivity contribution >= 4 is 10.0 Å². The van der Waals surface area contributed by atoms with Crippen LogP contribution in [-0.2, 0) is 23.2 Å². The van der Waals surface area contributed by atoms with Crippen LogP contribution in [0.3, 0.4) is 0 Å². The minimum Gasteiger partial charge on any atom is -0.390 e. The highest BCUT2D eigenvalue weighted by Crippen LogP contribution is 2.15. The smallest absolute Gasteiger partial charge is 0.242 e. The van der Waals surface area contributed by atoms with Crippen LogP contribution in [0.1, 0.15) is 58.1 Å². The van der Waals surface area contributed by atoms with E-state index in [2.05, 4.69) is 11.6 Å². The van der Waals surface area contributed by atoms with Crippen molar-refractivity contribution in [3.8, 4) is 0 Å². The summed E-state index contributed by atoms with van der Waals surface area (Å²) < 4.78 is 28.7. The molecule has 0 amide bonds. The molecule has 1 rings (SSSR count). The largest absolute Gasteiger partial charge is 0.390 e. The van der Waals surface area contributed by atoms with E-state index in [-0.39, 0.29) is 11.5 Å². The van der Waals surface area contributed by atoms with Gasteiger partial charge < -0.3 is 9.67 Å². The molecule has 6 heteroatoms. The summed E-state index contributed by atoms with van der Waals surface area (Å²) in [6.45, 7) is 5.06. The van der Waals surface area contributed by atoms with Crippen LogP contribution in [0, 0.1) is 0 Å². The number of rotatable bonds is 11. The number of aryl methyl sites for hydroxylation is 1. The normalized spacial score (nSPS) is 12.0. The molecular formula is C15H28N2O3S. The molecule has 0 atom stereocenters. The predicted octanol–water partition coefficient (Wildman–Crippen LogP) is 2.64. The lowest BCUT2D eigenvalue weighted by molar-refractivity contribution is 0.271. The summed E-state index contributed by atoms with van der Waals surface area (Å²) in [5.74, 6) is 0. The Morgan fingerprint density at radius 2 is 1.81 bits per heavy atom. The van der Waals surface area contributed by atoms with Crippen LogP contribution in [0.5, 0.6) is 0 Å². The summed E-state index contributed by atoms with van der Waals surface area (Å²) in [6, 6.07) is 1.53. The zero-order valence-electron chi connectivity index (χ0n) is 13.1. The zero-order valence-corrected chi connectivity index (χ0v) is 14.0. The van der Waals surface area contributed by atoms with Crippen LogP contribution in [0.4, 0.5) is 0 Å². The average Bonchev–Trinajstić information content (AvgIpc) is 2.90. The standard InChI is InChI=1S/C15H28N2O3S/c1-3-5-6-7-8-9-10-16-21(19,20)15-11-14(13-18)17(4-2)12-15/h11-12,16,18H,3-10,13H2,1-2H3. The molecule has 0 aliphatic heterocycles. The number of aliphatic hydroxyl groups excluding tert-OH is 1. The minimum atomic E-state index is -3.46. The van der Waals surface area contributed by atoms with Gasteiger partial charge in [0.1, 0.15) is 0 Å². The van der Waals surface area contributed by atoms with Gasteiger partial charge in [0, 0.05) is 25.0 Å². The van der Waals surface area contributed by atoms with E-state index < -0.39 is 10.0 Å². The van der Waals surface area contributed by atoms with Crippen LogP contribution in [0.25, 0.3) is 0 Å². The van der Waals surface area contributed by atoms with Crippen molar-refractivity contribution in [3.05, 3.63) is 18.0 Å². The van der Waals surface area contributed by atoms with Crippen molar-refractivity contribution in [2.75, 3.05) is 6.54 Å². The highest BCUT2D eigenvalue weighted by molar-refractivity contribution is 7.89. The summed E-state index contributed by atoms with van der Waals surface area (Å²) in [6.07, 6.45) is 8.35. The SMILES string of the molecule is CCCCCCCCNS(=O)(=O)c1cc(CO)n(CC)c1. The molecule has 21 heavy (non-hydrogen) atoms. The molecule has 0 aromatic carbocycles. The third kappa shape index (κ3) is 5.80. The molecule has 0 aliphatic rings. The van der Waals surface area contributed by atoms with Crippen molar-refractivity contribution in [2.45, 2.75) is 70.4 Å². The second-order valence-corrected chi connectivity index (χ2v) is 7.04. The van der Waals surface area contributed by atoms with E-state index in [1.54, 1.807) is 10.8 Å². The fourth-order valence-electron chi connectivity index (χ4n) is 2.29. The van der Waals surface area contributed by atoms with Gasteiger partial charge in [-0.25, -0.2) is 13.1 Å². The molecule has 0 fully saturated rings. The van der Waals surface area contributed by atoms with Gasteiger partial charge in [-0.15, -0.1) is 0 Å². The maximum Gasteiger partial charge on any atom is 0.242 e. The van der Waals surface area contributed by atoms with E-state index in [1.165, 1.54) is 25.3 Å². The lowest BCUT2D eigenvalue weighted by Crippen LogP contribution is -2.24. The van der Waals surface area contributed by atoms with Gasteiger partial charge >= 0.3 is 0 Å².